The van der Waals surface area contributed by atoms with Crippen LogP contribution in [0.15, 0.2) is 66.4 Å². The number of hydrogen-bond acceptors (Lipinski definition) is 7. The number of H-pyrrole nitrogens is 1. The van der Waals surface area contributed by atoms with Crippen molar-refractivity contribution >= 4 is 28.4 Å². The number of ether oxygens (including phenoxy) is 2. The van der Waals surface area contributed by atoms with Gasteiger partial charge in [0.25, 0.3) is 5.88 Å². The first-order chi connectivity index (χ1) is 16.2. The zero-order chi connectivity index (χ0) is 22.6. The Morgan fingerprint density at radius 2 is 2.09 bits per heavy atom. The van der Waals surface area contributed by atoms with Gasteiger partial charge in [0, 0.05) is 43.0 Å². The Bertz CT molecular complexity index is 1330. The molecule has 0 aliphatic heterocycles. The quantitative estimate of drug-likeness (QED) is 0.342. The molecule has 10 heteroatoms. The number of allylic oxidation sites excluding steroid dienone is 1. The van der Waals surface area contributed by atoms with Crippen molar-refractivity contribution in [2.75, 3.05) is 19.8 Å². The lowest BCUT2D eigenvalue weighted by Crippen LogP contribution is -2.19. The summed E-state index contributed by atoms with van der Waals surface area (Å²) >= 11 is 0. The number of aromatic nitrogens is 5. The normalized spacial score (nSPS) is 14.5. The van der Waals surface area contributed by atoms with E-state index in [-0.39, 0.29) is 18.9 Å². The molecule has 0 fully saturated rings. The number of aliphatic hydroxyl groups is 1. The van der Waals surface area contributed by atoms with Gasteiger partial charge in [0.2, 0.25) is 0 Å². The van der Waals surface area contributed by atoms with Crippen molar-refractivity contribution in [3.8, 4) is 5.88 Å². The van der Waals surface area contributed by atoms with Crippen LogP contribution in [0.4, 0.5) is 5.69 Å². The smallest absolute Gasteiger partial charge is 0.260 e. The molecule has 0 spiro atoms. The molecule has 0 unspecified atom stereocenters. The van der Waals surface area contributed by atoms with Crippen molar-refractivity contribution in [3.05, 3.63) is 72.7 Å². The number of nitrogens with zero attached hydrogens (tertiary/aromatic N) is 5. The lowest BCUT2D eigenvalue weighted by atomic mass is 9.98. The van der Waals surface area contributed by atoms with Crippen LogP contribution in [-0.2, 0) is 11.3 Å². The molecule has 1 aliphatic carbocycles. The van der Waals surface area contributed by atoms with E-state index in [4.69, 9.17) is 19.9 Å². The van der Waals surface area contributed by atoms with E-state index in [1.807, 2.05) is 35.0 Å². The topological polar surface area (TPSA) is 126 Å². The van der Waals surface area contributed by atoms with Crippen molar-refractivity contribution in [3.63, 3.8) is 0 Å². The van der Waals surface area contributed by atoms with Crippen LogP contribution in [0.2, 0.25) is 0 Å². The van der Waals surface area contributed by atoms with Crippen molar-refractivity contribution in [2.24, 2.45) is 4.99 Å². The number of aromatic amines is 1. The van der Waals surface area contributed by atoms with Crippen molar-refractivity contribution in [2.45, 2.75) is 13.0 Å². The SMILES string of the molecule is N=C1/C(=N/c2c(OCCO)nn3ccccc23)C=C(OCCCn2ccnc2)c2[nH]ccc21. The fourth-order valence-corrected chi connectivity index (χ4v) is 3.67. The summed E-state index contributed by atoms with van der Waals surface area (Å²) in [4.78, 5) is 12.0. The molecule has 0 amide bonds. The maximum absolute atomic E-state index is 9.18. The van der Waals surface area contributed by atoms with Gasteiger partial charge in [-0.05, 0) is 24.6 Å². The molecule has 3 N–H and O–H groups in total. The van der Waals surface area contributed by atoms with Crippen LogP contribution in [0.25, 0.3) is 11.3 Å². The minimum Gasteiger partial charge on any atom is -0.491 e. The lowest BCUT2D eigenvalue weighted by Gasteiger charge is -2.17. The van der Waals surface area contributed by atoms with E-state index in [0.29, 0.717) is 29.6 Å². The fourth-order valence-electron chi connectivity index (χ4n) is 3.67. The van der Waals surface area contributed by atoms with Crippen LogP contribution in [0.1, 0.15) is 17.7 Å². The van der Waals surface area contributed by atoms with Crippen LogP contribution >= 0.6 is 0 Å². The first-order valence-corrected chi connectivity index (χ1v) is 10.6. The number of aliphatic hydroxyl groups excluding tert-OH is 1. The number of rotatable bonds is 9. The van der Waals surface area contributed by atoms with Crippen LogP contribution in [0.3, 0.4) is 0 Å². The number of nitrogens with one attached hydrogen (secondary N) is 2. The van der Waals surface area contributed by atoms with Gasteiger partial charge in [-0.2, -0.15) is 0 Å². The number of hydrogen-bond donors (Lipinski definition) is 3. The maximum Gasteiger partial charge on any atom is 0.260 e. The van der Waals surface area contributed by atoms with Crippen molar-refractivity contribution in [1.82, 2.24) is 24.1 Å². The van der Waals surface area contributed by atoms with E-state index >= 15 is 0 Å². The Kier molecular flexibility index (Phi) is 5.73. The molecule has 0 aromatic carbocycles. The Hall–Kier alpha value is -4.18. The maximum atomic E-state index is 9.18. The molecular weight excluding hydrogens is 422 g/mol. The average Bonchev–Trinajstić information content (AvgIpc) is 3.59. The highest BCUT2D eigenvalue weighted by atomic mass is 16.5. The number of aliphatic imine (C=N–C) groups is 1. The molecule has 10 nitrogen and oxygen atoms in total. The van der Waals surface area contributed by atoms with Gasteiger partial charge in [-0.15, -0.1) is 5.10 Å². The molecule has 0 saturated carbocycles. The highest BCUT2D eigenvalue weighted by Crippen LogP contribution is 2.34. The predicted octanol–water partition coefficient (Wildman–Crippen LogP) is 2.83. The van der Waals surface area contributed by atoms with E-state index in [1.54, 1.807) is 35.5 Å². The third-order valence-corrected chi connectivity index (χ3v) is 5.21. The van der Waals surface area contributed by atoms with E-state index in [1.165, 1.54) is 0 Å². The third kappa shape index (κ3) is 4.15. The van der Waals surface area contributed by atoms with Gasteiger partial charge in [-0.1, -0.05) is 6.07 Å². The summed E-state index contributed by atoms with van der Waals surface area (Å²) in [6.07, 6.45) is 11.6. The number of imidazole rings is 1. The van der Waals surface area contributed by atoms with Gasteiger partial charge in [-0.25, -0.2) is 14.5 Å². The Morgan fingerprint density at radius 1 is 1.15 bits per heavy atom. The number of pyridine rings is 1. The fraction of sp³-hybridized carbons (Fsp3) is 0.217. The molecule has 4 heterocycles. The van der Waals surface area contributed by atoms with Crippen molar-refractivity contribution < 1.29 is 14.6 Å². The molecule has 4 aromatic heterocycles. The highest BCUT2D eigenvalue weighted by molar-refractivity contribution is 6.54. The summed E-state index contributed by atoms with van der Waals surface area (Å²) in [5, 5.41) is 22.3. The van der Waals surface area contributed by atoms with Crippen LogP contribution in [0, 0.1) is 5.41 Å². The molecule has 33 heavy (non-hydrogen) atoms. The summed E-state index contributed by atoms with van der Waals surface area (Å²) in [6, 6.07) is 7.46. The Balaban J connectivity index is 1.46. The van der Waals surface area contributed by atoms with E-state index in [2.05, 4.69) is 15.1 Å². The summed E-state index contributed by atoms with van der Waals surface area (Å²) in [5.74, 6) is 0.927. The molecule has 5 rings (SSSR count). The second-order valence-electron chi connectivity index (χ2n) is 7.41. The van der Waals surface area contributed by atoms with E-state index < -0.39 is 0 Å². The second-order valence-corrected chi connectivity index (χ2v) is 7.41. The summed E-state index contributed by atoms with van der Waals surface area (Å²) in [6.45, 7) is 1.27. The van der Waals surface area contributed by atoms with Gasteiger partial charge in [0.1, 0.15) is 12.4 Å². The molecule has 0 saturated heterocycles. The molecule has 0 radical (unpaired) electrons. The zero-order valence-electron chi connectivity index (χ0n) is 17.8. The third-order valence-electron chi connectivity index (χ3n) is 5.21. The molecule has 168 valence electrons. The summed E-state index contributed by atoms with van der Waals surface area (Å²) < 4.78 is 15.4. The monoisotopic (exact) mass is 445 g/mol. The standard InChI is InChI=1S/C23H23N7O3/c24-20-16-5-6-26-21(16)19(32-12-3-8-29-10-7-25-15-29)14-17(20)27-22-18-4-1-2-9-30(18)28-23(22)33-13-11-31/h1-2,4-7,9-10,14-15,24,26,31H,3,8,11-13H2/b24-20?,27-17+. The van der Waals surface area contributed by atoms with Gasteiger partial charge < -0.3 is 24.1 Å². The first kappa shape index (κ1) is 20.7. The molecule has 4 aromatic rings. The van der Waals surface area contributed by atoms with Gasteiger partial charge in [0.05, 0.1) is 42.2 Å². The lowest BCUT2D eigenvalue weighted by molar-refractivity contribution is 0.197. The summed E-state index contributed by atoms with van der Waals surface area (Å²) in [7, 11) is 0. The largest absolute Gasteiger partial charge is 0.491 e. The van der Waals surface area contributed by atoms with E-state index in [0.717, 1.165) is 29.7 Å². The Morgan fingerprint density at radius 3 is 2.94 bits per heavy atom. The molecule has 1 aliphatic rings. The molecule has 0 atom stereocenters. The number of aryl methyl sites for hydroxylation is 1. The van der Waals surface area contributed by atoms with Crippen molar-refractivity contribution in [1.29, 1.82) is 5.41 Å². The molecular formula is C23H23N7O3. The van der Waals surface area contributed by atoms with Crippen LogP contribution < -0.4 is 4.74 Å². The highest BCUT2D eigenvalue weighted by Gasteiger charge is 2.25. The van der Waals surface area contributed by atoms with Gasteiger partial charge in [0.15, 0.2) is 5.69 Å². The number of fused-ring (bicyclic) bond motifs is 2. The van der Waals surface area contributed by atoms with Crippen LogP contribution in [-0.4, -0.2) is 60.5 Å². The second kappa shape index (κ2) is 9.13. The predicted molar refractivity (Wildman–Crippen MR) is 123 cm³/mol. The van der Waals surface area contributed by atoms with E-state index in [9.17, 15) is 5.11 Å². The molecule has 0 bridgehead atoms. The van der Waals surface area contributed by atoms with Gasteiger partial charge in [-0.3, -0.25) is 5.41 Å². The van der Waals surface area contributed by atoms with Gasteiger partial charge >= 0.3 is 0 Å². The first-order valence-electron chi connectivity index (χ1n) is 10.6. The van der Waals surface area contributed by atoms with Crippen LogP contribution in [0.5, 0.6) is 5.88 Å². The average molecular weight is 445 g/mol. The summed E-state index contributed by atoms with van der Waals surface area (Å²) in [5.41, 5.74) is 3.44. The minimum absolute atomic E-state index is 0.0995. The minimum atomic E-state index is -0.136. The Labute approximate surface area is 189 Å². The zero-order valence-corrected chi connectivity index (χ0v) is 17.8.